The molecule has 2 N–H and O–H groups in total. The minimum atomic E-state index is 0.537. The zero-order chi connectivity index (χ0) is 17.3. The Labute approximate surface area is 148 Å². The summed E-state index contributed by atoms with van der Waals surface area (Å²) in [6.45, 7) is 2.33. The number of fused-ring (bicyclic) bond motifs is 1. The van der Waals surface area contributed by atoms with Crippen molar-refractivity contribution in [3.05, 3.63) is 65.9 Å². The highest BCUT2D eigenvalue weighted by Crippen LogP contribution is 2.18. The van der Waals surface area contributed by atoms with Gasteiger partial charge >= 0.3 is 0 Å². The summed E-state index contributed by atoms with van der Waals surface area (Å²) in [5.41, 5.74) is 3.74. The van der Waals surface area contributed by atoms with Gasteiger partial charge in [0.1, 0.15) is 5.75 Å². The van der Waals surface area contributed by atoms with Crippen molar-refractivity contribution in [1.82, 2.24) is 10.3 Å². The maximum absolute atomic E-state index is 8.54. The number of nitrogens with zero attached hydrogens (tertiary/aromatic N) is 1. The second-order valence-electron chi connectivity index (χ2n) is 6.04. The molecule has 0 saturated heterocycles. The van der Waals surface area contributed by atoms with Crippen LogP contribution in [-0.2, 0) is 13.0 Å². The third-order valence-corrected chi connectivity index (χ3v) is 4.18. The van der Waals surface area contributed by atoms with Crippen molar-refractivity contribution < 1.29 is 4.74 Å². The summed E-state index contributed by atoms with van der Waals surface area (Å²) < 4.78 is 5.68. The van der Waals surface area contributed by atoms with Crippen molar-refractivity contribution in [2.75, 3.05) is 13.2 Å². The number of aromatic amines is 1. The maximum atomic E-state index is 8.54. The van der Waals surface area contributed by atoms with E-state index in [0.717, 1.165) is 31.7 Å². The van der Waals surface area contributed by atoms with Gasteiger partial charge in [-0.15, -0.1) is 0 Å². The molecule has 0 amide bonds. The van der Waals surface area contributed by atoms with Gasteiger partial charge in [0.25, 0.3) is 0 Å². The van der Waals surface area contributed by atoms with Crippen LogP contribution in [-0.4, -0.2) is 18.1 Å². The first kappa shape index (κ1) is 17.1. The molecule has 4 nitrogen and oxygen atoms in total. The molecule has 1 aromatic heterocycles. The van der Waals surface area contributed by atoms with Crippen molar-refractivity contribution >= 4 is 10.9 Å². The largest absolute Gasteiger partial charge is 0.494 e. The van der Waals surface area contributed by atoms with Gasteiger partial charge in [-0.05, 0) is 48.7 Å². The monoisotopic (exact) mass is 333 g/mol. The van der Waals surface area contributed by atoms with E-state index in [9.17, 15) is 0 Å². The first-order valence-corrected chi connectivity index (χ1v) is 8.71. The zero-order valence-electron chi connectivity index (χ0n) is 14.3. The maximum Gasteiger partial charge on any atom is 0.119 e. The Morgan fingerprint density at radius 2 is 2.04 bits per heavy atom. The molecule has 0 bridgehead atoms. The lowest BCUT2D eigenvalue weighted by molar-refractivity contribution is 0.312. The normalized spacial score (nSPS) is 10.7. The lowest BCUT2D eigenvalue weighted by Gasteiger charge is -2.08. The Bertz CT molecular complexity index is 847. The fraction of sp³-hybridized carbons (Fsp3) is 0.286. The molecule has 1 heterocycles. The van der Waals surface area contributed by atoms with Gasteiger partial charge in [-0.3, -0.25) is 0 Å². The summed E-state index contributed by atoms with van der Waals surface area (Å²) in [5, 5.41) is 13.3. The van der Waals surface area contributed by atoms with Crippen LogP contribution in [0, 0.1) is 11.3 Å². The number of H-pyrrole nitrogens is 1. The number of rotatable bonds is 9. The van der Waals surface area contributed by atoms with E-state index in [1.165, 1.54) is 22.0 Å². The Morgan fingerprint density at radius 1 is 1.12 bits per heavy atom. The number of aromatic nitrogens is 1. The van der Waals surface area contributed by atoms with Gasteiger partial charge in [-0.2, -0.15) is 5.26 Å². The molecular weight excluding hydrogens is 310 g/mol. The molecule has 0 atom stereocenters. The summed E-state index contributed by atoms with van der Waals surface area (Å²) >= 11 is 0. The molecule has 128 valence electrons. The second-order valence-corrected chi connectivity index (χ2v) is 6.04. The number of hydrogen-bond acceptors (Lipinski definition) is 3. The molecule has 3 rings (SSSR count). The standard InChI is InChI=1S/C21H23N3O/c22-11-3-4-13-25-19-7-5-6-17(14-19)15-23-12-10-18-16-24-21-9-2-1-8-20(18)21/h1-2,5-9,14,16,23-24H,3-4,10,12-13,15H2. The van der Waals surface area contributed by atoms with E-state index in [0.29, 0.717) is 13.0 Å². The van der Waals surface area contributed by atoms with Crippen LogP contribution >= 0.6 is 0 Å². The SMILES string of the molecule is N#CCCCOc1cccc(CNCCc2c[nH]c3ccccc23)c1. The Morgan fingerprint density at radius 3 is 2.96 bits per heavy atom. The molecule has 0 fully saturated rings. The molecule has 4 heteroatoms. The highest BCUT2D eigenvalue weighted by Gasteiger charge is 2.02. The highest BCUT2D eigenvalue weighted by molar-refractivity contribution is 5.83. The number of benzene rings is 2. The lowest BCUT2D eigenvalue weighted by Crippen LogP contribution is -2.16. The number of para-hydroxylation sites is 1. The van der Waals surface area contributed by atoms with E-state index in [-0.39, 0.29) is 0 Å². The van der Waals surface area contributed by atoms with Crippen molar-refractivity contribution in [2.24, 2.45) is 0 Å². The summed E-state index contributed by atoms with van der Waals surface area (Å²) in [6.07, 6.45) is 4.40. The second kappa shape index (κ2) is 8.91. The van der Waals surface area contributed by atoms with Crippen LogP contribution in [0.1, 0.15) is 24.0 Å². The Hall–Kier alpha value is -2.77. The van der Waals surface area contributed by atoms with Crippen molar-refractivity contribution in [3.8, 4) is 11.8 Å². The fourth-order valence-corrected chi connectivity index (χ4v) is 2.88. The molecule has 0 aliphatic rings. The van der Waals surface area contributed by atoms with E-state index in [4.69, 9.17) is 10.00 Å². The van der Waals surface area contributed by atoms with Crippen molar-refractivity contribution in [2.45, 2.75) is 25.8 Å². The number of unbranched alkanes of at least 4 members (excludes halogenated alkanes) is 1. The minimum Gasteiger partial charge on any atom is -0.494 e. The van der Waals surface area contributed by atoms with Crippen LogP contribution in [0.3, 0.4) is 0 Å². The summed E-state index contributed by atoms with van der Waals surface area (Å²) in [7, 11) is 0. The minimum absolute atomic E-state index is 0.537. The van der Waals surface area contributed by atoms with Crippen LogP contribution in [0.2, 0.25) is 0 Å². The molecule has 0 radical (unpaired) electrons. The van der Waals surface area contributed by atoms with Gasteiger partial charge in [0.15, 0.2) is 0 Å². The summed E-state index contributed by atoms with van der Waals surface area (Å²) in [6, 6.07) is 18.7. The molecular formula is C21H23N3O. The average Bonchev–Trinajstić information content (AvgIpc) is 3.06. The van der Waals surface area contributed by atoms with Crippen LogP contribution < -0.4 is 10.1 Å². The first-order chi connectivity index (χ1) is 12.4. The number of ether oxygens (including phenoxy) is 1. The van der Waals surface area contributed by atoms with Gasteiger partial charge in [0.05, 0.1) is 12.7 Å². The third-order valence-electron chi connectivity index (χ3n) is 4.18. The number of nitriles is 1. The van der Waals surface area contributed by atoms with E-state index in [1.54, 1.807) is 0 Å². The molecule has 0 unspecified atom stereocenters. The molecule has 2 aromatic carbocycles. The van der Waals surface area contributed by atoms with Gasteiger partial charge in [0.2, 0.25) is 0 Å². The van der Waals surface area contributed by atoms with E-state index < -0.39 is 0 Å². The molecule has 25 heavy (non-hydrogen) atoms. The van der Waals surface area contributed by atoms with Crippen LogP contribution in [0.15, 0.2) is 54.7 Å². The topological polar surface area (TPSA) is 60.8 Å². The predicted octanol–water partition coefficient (Wildman–Crippen LogP) is 4.18. The fourth-order valence-electron chi connectivity index (χ4n) is 2.88. The number of nitrogens with one attached hydrogen (secondary N) is 2. The smallest absolute Gasteiger partial charge is 0.119 e. The van der Waals surface area contributed by atoms with Crippen molar-refractivity contribution in [1.29, 1.82) is 5.26 Å². The number of hydrogen-bond donors (Lipinski definition) is 2. The third kappa shape index (κ3) is 4.85. The van der Waals surface area contributed by atoms with Gasteiger partial charge in [0, 0.05) is 30.1 Å². The van der Waals surface area contributed by atoms with Gasteiger partial charge in [-0.25, -0.2) is 0 Å². The molecule has 0 spiro atoms. The lowest BCUT2D eigenvalue weighted by atomic mass is 10.1. The molecule has 3 aromatic rings. The highest BCUT2D eigenvalue weighted by atomic mass is 16.5. The quantitative estimate of drug-likeness (QED) is 0.577. The van der Waals surface area contributed by atoms with E-state index >= 15 is 0 Å². The molecule has 0 aliphatic heterocycles. The Balaban J connectivity index is 1.45. The van der Waals surface area contributed by atoms with Crippen LogP contribution in [0.25, 0.3) is 10.9 Å². The molecule has 0 aliphatic carbocycles. The molecule has 0 saturated carbocycles. The van der Waals surface area contributed by atoms with E-state index in [1.807, 2.05) is 12.1 Å². The predicted molar refractivity (Wildman–Crippen MR) is 100 cm³/mol. The van der Waals surface area contributed by atoms with Crippen molar-refractivity contribution in [3.63, 3.8) is 0 Å². The summed E-state index contributed by atoms with van der Waals surface area (Å²) in [5.74, 6) is 0.869. The zero-order valence-corrected chi connectivity index (χ0v) is 14.3. The summed E-state index contributed by atoms with van der Waals surface area (Å²) in [4.78, 5) is 3.32. The van der Waals surface area contributed by atoms with Gasteiger partial charge < -0.3 is 15.0 Å². The van der Waals surface area contributed by atoms with Gasteiger partial charge in [-0.1, -0.05) is 30.3 Å². The van der Waals surface area contributed by atoms with E-state index in [2.05, 4.69) is 59.0 Å². The van der Waals surface area contributed by atoms with Crippen LogP contribution in [0.4, 0.5) is 0 Å². The average molecular weight is 333 g/mol. The first-order valence-electron chi connectivity index (χ1n) is 8.71. The Kier molecular flexibility index (Phi) is 6.08. The van der Waals surface area contributed by atoms with Crippen LogP contribution in [0.5, 0.6) is 5.75 Å².